The Balaban J connectivity index is 2.22. The number of terminal acetylenes is 1. The maximum absolute atomic E-state index is 13.2. The molecule has 2 aliphatic heterocycles. The molecule has 2 aliphatic rings. The number of carbonyl (C=O) groups excluding carboxylic acids is 3. The number of nitrogens with zero attached hydrogens (tertiary/aromatic N) is 2. The highest BCUT2D eigenvalue weighted by atomic mass is 16.5. The van der Waals surface area contributed by atoms with Gasteiger partial charge in [-0.3, -0.25) is 14.4 Å². The molecule has 0 unspecified atom stereocenters. The van der Waals surface area contributed by atoms with Crippen LogP contribution in [0.25, 0.3) is 0 Å². The Morgan fingerprint density at radius 1 is 1.45 bits per heavy atom. The Morgan fingerprint density at radius 2 is 2.16 bits per heavy atom. The van der Waals surface area contributed by atoms with Crippen molar-refractivity contribution in [2.45, 2.75) is 69.3 Å². The number of aliphatic hydroxyl groups excluding tert-OH is 1. The monoisotopic (exact) mass is 436 g/mol. The molecule has 10 heteroatoms. The molecule has 1 fully saturated rings. The van der Waals surface area contributed by atoms with Crippen molar-refractivity contribution in [2.75, 3.05) is 27.3 Å². The zero-order valence-corrected chi connectivity index (χ0v) is 18.5. The number of rotatable bonds is 9. The summed E-state index contributed by atoms with van der Waals surface area (Å²) >= 11 is 0. The van der Waals surface area contributed by atoms with Gasteiger partial charge in [0, 0.05) is 13.0 Å². The lowest BCUT2D eigenvalue weighted by atomic mass is 9.94. The van der Waals surface area contributed by atoms with E-state index < -0.39 is 47.6 Å². The third-order valence-electron chi connectivity index (χ3n) is 5.66. The van der Waals surface area contributed by atoms with Crippen LogP contribution >= 0.6 is 0 Å². The van der Waals surface area contributed by atoms with Crippen LogP contribution in [0.2, 0.25) is 0 Å². The van der Waals surface area contributed by atoms with Crippen molar-refractivity contribution >= 4 is 23.7 Å². The van der Waals surface area contributed by atoms with E-state index >= 15 is 0 Å². The molecule has 2 amide bonds. The van der Waals surface area contributed by atoms with Gasteiger partial charge in [0.05, 0.1) is 25.7 Å². The topological polar surface area (TPSA) is 130 Å². The van der Waals surface area contributed by atoms with Crippen LogP contribution < -0.4 is 10.6 Å². The largest absolute Gasteiger partial charge is 0.477 e. The van der Waals surface area contributed by atoms with E-state index in [1.54, 1.807) is 18.9 Å². The minimum absolute atomic E-state index is 0.0217. The maximum atomic E-state index is 13.2. The molecule has 31 heavy (non-hydrogen) atoms. The Morgan fingerprint density at radius 3 is 2.74 bits per heavy atom. The lowest BCUT2D eigenvalue weighted by molar-refractivity contribution is -0.142. The summed E-state index contributed by atoms with van der Waals surface area (Å²) in [6, 6.07) is -2.07. The molecule has 0 aliphatic carbocycles. The van der Waals surface area contributed by atoms with Crippen LogP contribution in [0.1, 0.15) is 39.5 Å². The van der Waals surface area contributed by atoms with Crippen LogP contribution in [0.5, 0.6) is 0 Å². The smallest absolute Gasteiger partial charge is 0.308 e. The molecule has 2 rings (SSSR count). The van der Waals surface area contributed by atoms with Gasteiger partial charge in [0.15, 0.2) is 0 Å². The molecule has 0 saturated carbocycles. The standard InChI is InChI=1S/C21H32N4O6/c1-6-9-21(11-16(27)30-5)12-31-19(24-21)15-8-7-10-25(15)20(29)17(14(3)26)23-18(28)13(2)22-4/h1,13-15,17,22,26H,7-12H2,2-5H3,(H,23,28)/t13-,14+,15-,17-,21-/m0/s1. The molecule has 0 bridgehead atoms. The van der Waals surface area contributed by atoms with Gasteiger partial charge >= 0.3 is 5.97 Å². The normalized spacial score (nSPS) is 25.6. The van der Waals surface area contributed by atoms with Gasteiger partial charge in [-0.15, -0.1) is 12.3 Å². The van der Waals surface area contributed by atoms with E-state index in [1.165, 1.54) is 14.0 Å². The molecule has 3 N–H and O–H groups in total. The molecular formula is C21H32N4O6. The number of aliphatic hydroxyl groups is 1. The van der Waals surface area contributed by atoms with Gasteiger partial charge in [0.1, 0.15) is 24.2 Å². The Bertz CT molecular complexity index is 761. The minimum atomic E-state index is -1.10. The summed E-state index contributed by atoms with van der Waals surface area (Å²) < 4.78 is 10.6. The molecule has 0 spiro atoms. The van der Waals surface area contributed by atoms with Crippen molar-refractivity contribution in [3.05, 3.63) is 0 Å². The van der Waals surface area contributed by atoms with Gasteiger partial charge < -0.3 is 30.1 Å². The van der Waals surface area contributed by atoms with E-state index in [-0.39, 0.29) is 19.4 Å². The fourth-order valence-electron chi connectivity index (χ4n) is 3.72. The van der Waals surface area contributed by atoms with E-state index in [2.05, 4.69) is 21.5 Å². The molecule has 0 radical (unpaired) electrons. The second kappa shape index (κ2) is 10.6. The summed E-state index contributed by atoms with van der Waals surface area (Å²) in [7, 11) is 2.93. The van der Waals surface area contributed by atoms with Crippen molar-refractivity contribution in [3.8, 4) is 12.3 Å². The van der Waals surface area contributed by atoms with Crippen LogP contribution in [0.4, 0.5) is 0 Å². The molecular weight excluding hydrogens is 404 g/mol. The van der Waals surface area contributed by atoms with Gasteiger partial charge in [0.2, 0.25) is 17.7 Å². The molecule has 172 valence electrons. The maximum Gasteiger partial charge on any atom is 0.308 e. The summed E-state index contributed by atoms with van der Waals surface area (Å²) in [6.45, 7) is 3.67. The lowest BCUT2D eigenvalue weighted by Gasteiger charge is -2.30. The van der Waals surface area contributed by atoms with Crippen molar-refractivity contribution in [1.82, 2.24) is 15.5 Å². The zero-order valence-electron chi connectivity index (χ0n) is 18.5. The van der Waals surface area contributed by atoms with Crippen LogP contribution in [0.3, 0.4) is 0 Å². The molecule has 0 aromatic carbocycles. The van der Waals surface area contributed by atoms with Crippen LogP contribution in [0, 0.1) is 12.3 Å². The average Bonchev–Trinajstić information content (AvgIpc) is 3.38. The van der Waals surface area contributed by atoms with E-state index in [0.29, 0.717) is 25.3 Å². The predicted octanol–water partition coefficient (Wildman–Crippen LogP) is -0.795. The SMILES string of the molecule is C#CC[C@]1(CC(=O)OC)COC([C@@H]2CCCN2C(=O)[C@@H](NC(=O)[C@H](C)NC)[C@@H](C)O)=N1. The van der Waals surface area contributed by atoms with Gasteiger partial charge in [0.25, 0.3) is 0 Å². The number of aliphatic imine (C=N–C) groups is 1. The van der Waals surface area contributed by atoms with Gasteiger partial charge in [-0.2, -0.15) is 0 Å². The average molecular weight is 437 g/mol. The first-order chi connectivity index (χ1) is 14.7. The van der Waals surface area contributed by atoms with E-state index in [0.717, 1.165) is 0 Å². The van der Waals surface area contributed by atoms with Crippen LogP contribution in [0.15, 0.2) is 4.99 Å². The Hall–Kier alpha value is -2.64. The Labute approximate surface area is 182 Å². The van der Waals surface area contributed by atoms with Crippen molar-refractivity contribution in [3.63, 3.8) is 0 Å². The number of esters is 1. The summed E-state index contributed by atoms with van der Waals surface area (Å²) in [5, 5.41) is 15.6. The van der Waals surface area contributed by atoms with Crippen molar-refractivity contribution in [1.29, 1.82) is 0 Å². The molecule has 0 aromatic heterocycles. The molecule has 1 saturated heterocycles. The van der Waals surface area contributed by atoms with Gasteiger partial charge in [-0.05, 0) is 33.7 Å². The number of amides is 2. The first-order valence-electron chi connectivity index (χ1n) is 10.4. The quantitative estimate of drug-likeness (QED) is 0.319. The van der Waals surface area contributed by atoms with Crippen LogP contribution in [-0.2, 0) is 23.9 Å². The van der Waals surface area contributed by atoms with Gasteiger partial charge in [-0.25, -0.2) is 4.99 Å². The predicted molar refractivity (Wildman–Crippen MR) is 113 cm³/mol. The first kappa shape index (κ1) is 24.6. The summed E-state index contributed by atoms with van der Waals surface area (Å²) in [5.41, 5.74) is -0.922. The fourth-order valence-corrected chi connectivity index (χ4v) is 3.72. The number of hydrogen-bond donors (Lipinski definition) is 3. The van der Waals surface area contributed by atoms with E-state index in [4.69, 9.17) is 15.9 Å². The van der Waals surface area contributed by atoms with Crippen molar-refractivity contribution in [2.24, 2.45) is 4.99 Å². The third-order valence-corrected chi connectivity index (χ3v) is 5.66. The van der Waals surface area contributed by atoms with Gasteiger partial charge in [-0.1, -0.05) is 0 Å². The highest BCUT2D eigenvalue weighted by molar-refractivity contribution is 5.94. The number of carbonyl (C=O) groups is 3. The zero-order chi connectivity index (χ0) is 23.2. The minimum Gasteiger partial charge on any atom is -0.477 e. The number of likely N-dealkylation sites (N-methyl/N-ethyl adjacent to an activating group) is 1. The highest BCUT2D eigenvalue weighted by Crippen LogP contribution is 2.31. The third kappa shape index (κ3) is 5.74. The van der Waals surface area contributed by atoms with Crippen molar-refractivity contribution < 1.29 is 29.0 Å². The molecule has 0 aromatic rings. The number of hydrogen-bond acceptors (Lipinski definition) is 8. The first-order valence-corrected chi connectivity index (χ1v) is 10.4. The number of nitrogens with one attached hydrogen (secondary N) is 2. The Kier molecular flexibility index (Phi) is 8.42. The number of ether oxygens (including phenoxy) is 2. The van der Waals surface area contributed by atoms with E-state index in [1.807, 2.05) is 0 Å². The summed E-state index contributed by atoms with van der Waals surface area (Å²) in [5.74, 6) is 1.62. The summed E-state index contributed by atoms with van der Waals surface area (Å²) in [6.07, 6.45) is 5.89. The van der Waals surface area contributed by atoms with Crippen LogP contribution in [-0.4, -0.2) is 90.8 Å². The second-order valence-electron chi connectivity index (χ2n) is 8.02. The van der Waals surface area contributed by atoms with E-state index in [9.17, 15) is 19.5 Å². The summed E-state index contributed by atoms with van der Waals surface area (Å²) in [4.78, 5) is 43.5. The molecule has 2 heterocycles. The highest BCUT2D eigenvalue weighted by Gasteiger charge is 2.45. The lowest BCUT2D eigenvalue weighted by Crippen LogP contribution is -2.58. The number of likely N-dealkylation sites (tertiary alicyclic amines) is 1. The second-order valence-corrected chi connectivity index (χ2v) is 8.02. The molecule has 5 atom stereocenters. The number of methoxy groups -OCH3 is 1. The fraction of sp³-hybridized carbons (Fsp3) is 0.714. The molecule has 10 nitrogen and oxygen atoms in total.